The standard InChI is InChI=1S/C12H20N4/c1-10-7-11(3-4-14-10)16-6-5-15(2)9-12(16)8-13/h3-4,7,12H,5-6,8-9,13H2,1-2H3. The zero-order valence-electron chi connectivity index (χ0n) is 10.1. The minimum absolute atomic E-state index is 0.417. The molecule has 0 amide bonds. The van der Waals surface area contributed by atoms with Crippen LogP contribution in [0.1, 0.15) is 5.69 Å². The normalized spacial score (nSPS) is 22.4. The van der Waals surface area contributed by atoms with E-state index in [1.54, 1.807) is 0 Å². The van der Waals surface area contributed by atoms with Crippen molar-refractivity contribution in [3.63, 3.8) is 0 Å². The largest absolute Gasteiger partial charge is 0.365 e. The van der Waals surface area contributed by atoms with Gasteiger partial charge in [0.15, 0.2) is 0 Å². The Bertz CT molecular complexity index is 353. The summed E-state index contributed by atoms with van der Waals surface area (Å²) in [7, 11) is 2.15. The van der Waals surface area contributed by atoms with Crippen molar-refractivity contribution in [2.24, 2.45) is 5.73 Å². The number of anilines is 1. The van der Waals surface area contributed by atoms with Gasteiger partial charge in [-0.15, -0.1) is 0 Å². The van der Waals surface area contributed by atoms with Crippen molar-refractivity contribution in [3.8, 4) is 0 Å². The van der Waals surface area contributed by atoms with Gasteiger partial charge in [0, 0.05) is 43.8 Å². The Balaban J connectivity index is 2.19. The van der Waals surface area contributed by atoms with Gasteiger partial charge in [0.25, 0.3) is 0 Å². The van der Waals surface area contributed by atoms with E-state index in [0.29, 0.717) is 12.6 Å². The molecule has 4 nitrogen and oxygen atoms in total. The van der Waals surface area contributed by atoms with Crippen LogP contribution in [0.3, 0.4) is 0 Å². The predicted molar refractivity (Wildman–Crippen MR) is 66.7 cm³/mol. The van der Waals surface area contributed by atoms with Gasteiger partial charge in [0.05, 0.1) is 6.04 Å². The third-order valence-corrected chi connectivity index (χ3v) is 3.17. The monoisotopic (exact) mass is 220 g/mol. The molecule has 1 fully saturated rings. The minimum atomic E-state index is 0.417. The molecule has 0 aliphatic carbocycles. The maximum Gasteiger partial charge on any atom is 0.0539 e. The first-order valence-electron chi connectivity index (χ1n) is 5.78. The van der Waals surface area contributed by atoms with Crippen LogP contribution in [0.2, 0.25) is 0 Å². The number of nitrogens with zero attached hydrogens (tertiary/aromatic N) is 3. The van der Waals surface area contributed by atoms with Gasteiger partial charge >= 0.3 is 0 Å². The Morgan fingerprint density at radius 1 is 1.50 bits per heavy atom. The highest BCUT2D eigenvalue weighted by Gasteiger charge is 2.24. The quantitative estimate of drug-likeness (QED) is 0.787. The van der Waals surface area contributed by atoms with Gasteiger partial charge in [0.2, 0.25) is 0 Å². The van der Waals surface area contributed by atoms with Crippen molar-refractivity contribution >= 4 is 5.69 Å². The van der Waals surface area contributed by atoms with Gasteiger partial charge in [0.1, 0.15) is 0 Å². The van der Waals surface area contributed by atoms with Crippen molar-refractivity contribution in [1.29, 1.82) is 0 Å². The molecule has 2 heterocycles. The SMILES string of the molecule is Cc1cc(N2CCN(C)CC2CN)ccn1. The number of likely N-dealkylation sites (N-methyl/N-ethyl adjacent to an activating group) is 1. The molecule has 1 aliphatic rings. The van der Waals surface area contributed by atoms with Crippen molar-refractivity contribution < 1.29 is 0 Å². The minimum Gasteiger partial charge on any atom is -0.365 e. The molecule has 1 atom stereocenters. The van der Waals surface area contributed by atoms with Gasteiger partial charge in [-0.05, 0) is 26.1 Å². The van der Waals surface area contributed by atoms with Crippen LogP contribution in [-0.4, -0.2) is 49.2 Å². The third-order valence-electron chi connectivity index (χ3n) is 3.17. The van der Waals surface area contributed by atoms with Crippen LogP contribution in [-0.2, 0) is 0 Å². The first kappa shape index (κ1) is 11.4. The highest BCUT2D eigenvalue weighted by Crippen LogP contribution is 2.19. The summed E-state index contributed by atoms with van der Waals surface area (Å²) in [6.07, 6.45) is 1.87. The summed E-state index contributed by atoms with van der Waals surface area (Å²) in [6, 6.07) is 4.62. The van der Waals surface area contributed by atoms with E-state index >= 15 is 0 Å². The van der Waals surface area contributed by atoms with E-state index in [9.17, 15) is 0 Å². The van der Waals surface area contributed by atoms with Crippen LogP contribution in [0.5, 0.6) is 0 Å². The second-order valence-electron chi connectivity index (χ2n) is 4.50. The fraction of sp³-hybridized carbons (Fsp3) is 0.583. The number of pyridine rings is 1. The molecule has 0 spiro atoms. The number of piperazine rings is 1. The van der Waals surface area contributed by atoms with E-state index < -0.39 is 0 Å². The van der Waals surface area contributed by atoms with Crippen molar-refractivity contribution in [2.75, 3.05) is 38.1 Å². The summed E-state index contributed by atoms with van der Waals surface area (Å²) in [4.78, 5) is 8.97. The number of rotatable bonds is 2. The highest BCUT2D eigenvalue weighted by atomic mass is 15.3. The molecule has 1 aliphatic heterocycles. The second-order valence-corrected chi connectivity index (χ2v) is 4.50. The van der Waals surface area contributed by atoms with E-state index in [0.717, 1.165) is 25.3 Å². The van der Waals surface area contributed by atoms with Gasteiger partial charge in [-0.1, -0.05) is 0 Å². The molecule has 1 saturated heterocycles. The molecule has 4 heteroatoms. The lowest BCUT2D eigenvalue weighted by Gasteiger charge is -2.41. The summed E-state index contributed by atoms with van der Waals surface area (Å²) >= 11 is 0. The molecule has 1 aromatic rings. The van der Waals surface area contributed by atoms with Crippen molar-refractivity contribution in [1.82, 2.24) is 9.88 Å². The van der Waals surface area contributed by atoms with E-state index in [4.69, 9.17) is 5.73 Å². The molecule has 16 heavy (non-hydrogen) atoms. The molecular formula is C12H20N4. The molecule has 0 saturated carbocycles. The van der Waals surface area contributed by atoms with Crippen LogP contribution in [0.15, 0.2) is 18.3 Å². The van der Waals surface area contributed by atoms with E-state index in [1.165, 1.54) is 5.69 Å². The lowest BCUT2D eigenvalue weighted by atomic mass is 10.1. The fourth-order valence-corrected chi connectivity index (χ4v) is 2.26. The molecule has 1 aromatic heterocycles. The molecule has 0 radical (unpaired) electrons. The maximum absolute atomic E-state index is 5.85. The Labute approximate surface area is 97.1 Å². The van der Waals surface area contributed by atoms with Crippen LogP contribution >= 0.6 is 0 Å². The molecule has 0 bridgehead atoms. The molecule has 88 valence electrons. The van der Waals surface area contributed by atoms with Gasteiger partial charge in [-0.3, -0.25) is 4.98 Å². The first-order valence-corrected chi connectivity index (χ1v) is 5.78. The van der Waals surface area contributed by atoms with Crippen molar-refractivity contribution in [2.45, 2.75) is 13.0 Å². The first-order chi connectivity index (χ1) is 7.70. The second kappa shape index (κ2) is 4.80. The smallest absolute Gasteiger partial charge is 0.0539 e. The maximum atomic E-state index is 5.85. The van der Waals surface area contributed by atoms with E-state index in [1.807, 2.05) is 13.1 Å². The molecule has 1 unspecified atom stereocenters. The number of hydrogen-bond acceptors (Lipinski definition) is 4. The summed E-state index contributed by atoms with van der Waals surface area (Å²) in [5.74, 6) is 0. The molecule has 2 rings (SSSR count). The van der Waals surface area contributed by atoms with Gasteiger partial charge in [-0.2, -0.15) is 0 Å². The predicted octanol–water partition coefficient (Wildman–Crippen LogP) is 0.469. The average Bonchev–Trinajstić information content (AvgIpc) is 2.28. The number of aromatic nitrogens is 1. The van der Waals surface area contributed by atoms with E-state index in [2.05, 4.69) is 34.0 Å². The Hall–Kier alpha value is -1.13. The lowest BCUT2D eigenvalue weighted by Crippen LogP contribution is -2.55. The van der Waals surface area contributed by atoms with Gasteiger partial charge < -0.3 is 15.5 Å². The zero-order chi connectivity index (χ0) is 11.5. The molecular weight excluding hydrogens is 200 g/mol. The summed E-state index contributed by atoms with van der Waals surface area (Å²) in [5.41, 5.74) is 8.16. The zero-order valence-corrected chi connectivity index (χ0v) is 10.1. The van der Waals surface area contributed by atoms with E-state index in [-0.39, 0.29) is 0 Å². The number of hydrogen-bond donors (Lipinski definition) is 1. The lowest BCUT2D eigenvalue weighted by molar-refractivity contribution is 0.269. The Morgan fingerprint density at radius 3 is 3.00 bits per heavy atom. The van der Waals surface area contributed by atoms with Crippen LogP contribution < -0.4 is 10.6 Å². The highest BCUT2D eigenvalue weighted by molar-refractivity contribution is 5.48. The van der Waals surface area contributed by atoms with Crippen LogP contribution in [0.25, 0.3) is 0 Å². The number of nitrogens with two attached hydrogens (primary N) is 1. The van der Waals surface area contributed by atoms with Crippen LogP contribution in [0, 0.1) is 6.92 Å². The topological polar surface area (TPSA) is 45.4 Å². The van der Waals surface area contributed by atoms with Crippen LogP contribution in [0.4, 0.5) is 5.69 Å². The van der Waals surface area contributed by atoms with Gasteiger partial charge in [-0.25, -0.2) is 0 Å². The summed E-state index contributed by atoms with van der Waals surface area (Å²) in [6.45, 7) is 5.90. The Kier molecular flexibility index (Phi) is 3.41. The number of aryl methyl sites for hydroxylation is 1. The average molecular weight is 220 g/mol. The summed E-state index contributed by atoms with van der Waals surface area (Å²) in [5, 5.41) is 0. The molecule has 2 N–H and O–H groups in total. The Morgan fingerprint density at radius 2 is 2.31 bits per heavy atom. The summed E-state index contributed by atoms with van der Waals surface area (Å²) < 4.78 is 0. The third kappa shape index (κ3) is 2.33. The van der Waals surface area contributed by atoms with Crippen molar-refractivity contribution in [3.05, 3.63) is 24.0 Å². The molecule has 0 aromatic carbocycles. The fourth-order valence-electron chi connectivity index (χ4n) is 2.26.